The van der Waals surface area contributed by atoms with Gasteiger partial charge in [0.05, 0.1) is 11.1 Å². The van der Waals surface area contributed by atoms with Gasteiger partial charge in [0.1, 0.15) is 4.21 Å². The zero-order chi connectivity index (χ0) is 33.6. The Balaban J connectivity index is 1.13. The predicted molar refractivity (Wildman–Crippen MR) is 164 cm³/mol. The molecule has 0 bridgehead atoms. The summed E-state index contributed by atoms with van der Waals surface area (Å²) in [5.74, 6) is -0.849. The molecule has 3 fully saturated rings. The van der Waals surface area contributed by atoms with Crippen molar-refractivity contribution in [2.45, 2.75) is 53.9 Å². The number of piperidine rings is 1. The molecule has 0 N–H and O–H groups in total. The summed E-state index contributed by atoms with van der Waals surface area (Å²) in [5, 5.41) is 1.74. The quantitative estimate of drug-likeness (QED) is 0.297. The van der Waals surface area contributed by atoms with Gasteiger partial charge in [-0.25, -0.2) is 8.42 Å². The number of hydrogen-bond donors (Lipinski definition) is 0. The van der Waals surface area contributed by atoms with Gasteiger partial charge < -0.3 is 4.90 Å². The topological polar surface area (TPSA) is 64.2 Å². The van der Waals surface area contributed by atoms with Gasteiger partial charge in [0.25, 0.3) is 15.9 Å². The van der Waals surface area contributed by atoms with Crippen LogP contribution in [0.2, 0.25) is 0 Å². The molecule has 47 heavy (non-hydrogen) atoms. The summed E-state index contributed by atoms with van der Waals surface area (Å²) in [7, 11) is -3.47. The van der Waals surface area contributed by atoms with E-state index in [2.05, 4.69) is 9.80 Å². The van der Waals surface area contributed by atoms with E-state index in [0.29, 0.717) is 48.7 Å². The summed E-state index contributed by atoms with van der Waals surface area (Å²) >= 11 is 1.20. The van der Waals surface area contributed by atoms with Crippen LogP contribution in [0.25, 0.3) is 0 Å². The zero-order valence-corrected chi connectivity index (χ0v) is 26.9. The Bertz CT molecular complexity index is 1620. The summed E-state index contributed by atoms with van der Waals surface area (Å²) in [6.45, 7) is 4.00. The van der Waals surface area contributed by atoms with Gasteiger partial charge in [0.2, 0.25) is 0 Å². The summed E-state index contributed by atoms with van der Waals surface area (Å²) in [4.78, 5) is 19.8. The minimum absolute atomic E-state index is 0.0356. The smallest absolute Gasteiger partial charge is 0.335 e. The van der Waals surface area contributed by atoms with E-state index in [1.165, 1.54) is 20.5 Å². The molecule has 0 radical (unpaired) electrons. The number of piperazine rings is 1. The van der Waals surface area contributed by atoms with E-state index < -0.39 is 51.0 Å². The molecule has 0 saturated carbocycles. The fourth-order valence-corrected chi connectivity index (χ4v) is 9.46. The second-order valence-electron chi connectivity index (χ2n) is 12.3. The molecule has 2 aromatic carbocycles. The molecule has 1 amide bonds. The molecule has 1 aromatic heterocycles. The van der Waals surface area contributed by atoms with E-state index in [-0.39, 0.29) is 24.7 Å². The summed E-state index contributed by atoms with van der Waals surface area (Å²) in [5.41, 5.74) is -2.75. The van der Waals surface area contributed by atoms with Crippen molar-refractivity contribution in [2.24, 2.45) is 0 Å². The van der Waals surface area contributed by atoms with E-state index in [4.69, 9.17) is 0 Å². The first kappa shape index (κ1) is 33.9. The maximum absolute atomic E-state index is 13.7. The molecule has 0 spiro atoms. The molecule has 6 rings (SSSR count). The van der Waals surface area contributed by atoms with Crippen LogP contribution in [0.1, 0.15) is 39.9 Å². The van der Waals surface area contributed by atoms with Crippen molar-refractivity contribution in [3.63, 3.8) is 0 Å². The maximum atomic E-state index is 13.7. The first-order valence-electron chi connectivity index (χ1n) is 15.4. The second-order valence-corrected chi connectivity index (χ2v) is 15.4. The first-order valence-corrected chi connectivity index (χ1v) is 17.7. The van der Waals surface area contributed by atoms with Crippen LogP contribution in [0.4, 0.5) is 26.3 Å². The lowest BCUT2D eigenvalue weighted by atomic mass is 9.90. The molecule has 2 atom stereocenters. The molecule has 0 unspecified atom stereocenters. The van der Waals surface area contributed by atoms with Gasteiger partial charge in [0, 0.05) is 69.5 Å². The third-order valence-electron chi connectivity index (χ3n) is 9.40. The largest absolute Gasteiger partial charge is 0.416 e. The van der Waals surface area contributed by atoms with Crippen molar-refractivity contribution in [3.8, 4) is 0 Å². The number of rotatable bonds is 7. The lowest BCUT2D eigenvalue weighted by Crippen LogP contribution is -2.65. The van der Waals surface area contributed by atoms with Crippen LogP contribution in [-0.2, 0) is 28.8 Å². The molecular weight excluding hydrogens is 666 g/mol. The molecule has 0 aliphatic carbocycles. The minimum Gasteiger partial charge on any atom is -0.335 e. The van der Waals surface area contributed by atoms with Gasteiger partial charge in [-0.1, -0.05) is 36.4 Å². The Hall–Kier alpha value is -2.98. The van der Waals surface area contributed by atoms with Crippen LogP contribution in [0.15, 0.2) is 70.3 Å². The van der Waals surface area contributed by atoms with Crippen LogP contribution >= 0.6 is 11.3 Å². The molecule has 3 aliphatic rings. The van der Waals surface area contributed by atoms with E-state index in [1.54, 1.807) is 17.5 Å². The van der Waals surface area contributed by atoms with Crippen LogP contribution in [-0.4, -0.2) is 97.3 Å². The highest BCUT2D eigenvalue weighted by Crippen LogP contribution is 2.37. The van der Waals surface area contributed by atoms with Gasteiger partial charge in [-0.15, -0.1) is 11.3 Å². The predicted octanol–water partition coefficient (Wildman–Crippen LogP) is 5.69. The maximum Gasteiger partial charge on any atom is 0.416 e. The minimum atomic E-state index is -5.05. The summed E-state index contributed by atoms with van der Waals surface area (Å²) in [6, 6.07) is 13.4. The second kappa shape index (κ2) is 13.1. The number of hydrogen-bond acceptors (Lipinski definition) is 6. The van der Waals surface area contributed by atoms with Gasteiger partial charge in [-0.3, -0.25) is 14.6 Å². The number of benzene rings is 2. The number of likely N-dealkylation sites (tertiary alicyclic amines) is 1. The van der Waals surface area contributed by atoms with Crippen molar-refractivity contribution in [3.05, 3.63) is 88.3 Å². The fourth-order valence-electron chi connectivity index (χ4n) is 6.80. The van der Waals surface area contributed by atoms with Crippen LogP contribution in [0.5, 0.6) is 0 Å². The van der Waals surface area contributed by atoms with Crippen molar-refractivity contribution < 1.29 is 39.6 Å². The van der Waals surface area contributed by atoms with E-state index in [0.717, 1.165) is 31.7 Å². The van der Waals surface area contributed by atoms with Gasteiger partial charge in [-0.05, 0) is 54.5 Å². The molecule has 254 valence electrons. The summed E-state index contributed by atoms with van der Waals surface area (Å²) in [6.07, 6.45) is -8.65. The lowest BCUT2D eigenvalue weighted by molar-refractivity contribution is -0.143. The Morgan fingerprint density at radius 1 is 0.787 bits per heavy atom. The van der Waals surface area contributed by atoms with E-state index in [9.17, 15) is 39.6 Å². The molecule has 3 aromatic rings. The number of amides is 1. The highest BCUT2D eigenvalue weighted by molar-refractivity contribution is 7.91. The van der Waals surface area contributed by atoms with Crippen molar-refractivity contribution in [2.75, 3.05) is 45.8 Å². The number of thiophene rings is 1. The first-order chi connectivity index (χ1) is 22.2. The number of carbonyl (C=O) groups excluding carboxylic acids is 1. The fraction of sp³-hybridized carbons (Fsp3) is 0.469. The van der Waals surface area contributed by atoms with E-state index in [1.807, 2.05) is 30.3 Å². The average molecular weight is 701 g/mol. The highest BCUT2D eigenvalue weighted by atomic mass is 32.2. The van der Waals surface area contributed by atoms with E-state index >= 15 is 0 Å². The molecular formula is C32H34F6N4O3S2. The van der Waals surface area contributed by atoms with Crippen molar-refractivity contribution >= 4 is 27.3 Å². The highest BCUT2D eigenvalue weighted by Gasteiger charge is 2.43. The molecule has 4 heterocycles. The zero-order valence-electron chi connectivity index (χ0n) is 25.3. The van der Waals surface area contributed by atoms with Gasteiger partial charge in [0.15, 0.2) is 0 Å². The van der Waals surface area contributed by atoms with Crippen LogP contribution in [0.3, 0.4) is 0 Å². The Morgan fingerprint density at radius 3 is 1.94 bits per heavy atom. The summed E-state index contributed by atoms with van der Waals surface area (Å²) < 4.78 is 109. The SMILES string of the molecule is O=C(c1cc(C(F)(F)F)cc(C(F)(F)F)c1)N1CC[C@H](N2CCN(C3CN(S(=O)(=O)c4cccs4)C3)CC2)C[C@H]1Cc1ccccc1. The van der Waals surface area contributed by atoms with Crippen LogP contribution < -0.4 is 0 Å². The number of nitrogens with zero attached hydrogens (tertiary/aromatic N) is 4. The average Bonchev–Trinajstić information content (AvgIpc) is 3.56. The number of carbonyl (C=O) groups is 1. The van der Waals surface area contributed by atoms with Gasteiger partial charge in [-0.2, -0.15) is 30.6 Å². The molecule has 3 saturated heterocycles. The number of halogens is 6. The normalized spacial score (nSPS) is 22.7. The Kier molecular flexibility index (Phi) is 9.48. The monoisotopic (exact) mass is 700 g/mol. The third kappa shape index (κ3) is 7.38. The molecule has 3 aliphatic heterocycles. The van der Waals surface area contributed by atoms with Crippen molar-refractivity contribution in [1.82, 2.24) is 19.0 Å². The van der Waals surface area contributed by atoms with Crippen LogP contribution in [0, 0.1) is 0 Å². The molecule has 15 heteroatoms. The van der Waals surface area contributed by atoms with Crippen molar-refractivity contribution in [1.29, 1.82) is 0 Å². The Morgan fingerprint density at radius 2 is 1.38 bits per heavy atom. The standard InChI is InChI=1S/C32H34F6N4O3S2/c33-31(34,35)24-16-23(17-25(18-24)32(36,37)38)30(43)42-9-8-26(19-27(42)15-22-5-2-1-3-6-22)39-10-12-40(13-11-39)28-20-41(21-28)47(44,45)29-7-4-14-46-29/h1-7,14,16-18,26-28H,8-13,15,19-21H2/t26-,27+/m0/s1. The van der Waals surface area contributed by atoms with Gasteiger partial charge >= 0.3 is 12.4 Å². The number of sulfonamides is 1. The number of alkyl halides is 6. The molecule has 7 nitrogen and oxygen atoms in total. The third-order valence-corrected chi connectivity index (χ3v) is 12.6. The Labute approximate surface area is 273 Å². The lowest BCUT2D eigenvalue weighted by Gasteiger charge is -2.50.